The summed E-state index contributed by atoms with van der Waals surface area (Å²) in [5.41, 5.74) is 3.85. The summed E-state index contributed by atoms with van der Waals surface area (Å²) in [4.78, 5) is 26.4. The van der Waals surface area contributed by atoms with Gasteiger partial charge in [-0.05, 0) is 49.3 Å². The number of carbonyl (C=O) groups excluding carboxylic acids is 2. The van der Waals surface area contributed by atoms with Crippen LogP contribution in [0.1, 0.15) is 42.5 Å². The molecule has 6 nitrogen and oxygen atoms in total. The maximum atomic E-state index is 12.1. The molecule has 2 amide bonds. The Hall–Kier alpha value is -1.92. The number of carbonyl (C=O) groups is 2. The highest BCUT2D eigenvalue weighted by molar-refractivity contribution is 6.35. The topological polar surface area (TPSA) is 70.7 Å². The molecule has 26 heavy (non-hydrogen) atoms. The van der Waals surface area contributed by atoms with Gasteiger partial charge in [-0.1, -0.05) is 18.2 Å². The van der Waals surface area contributed by atoms with Crippen molar-refractivity contribution in [1.29, 1.82) is 0 Å². The normalized spacial score (nSPS) is 18.7. The minimum atomic E-state index is -0.572. The zero-order chi connectivity index (χ0) is 18.4. The molecule has 142 valence electrons. The fourth-order valence-corrected chi connectivity index (χ4v) is 3.60. The molecular weight excluding hydrogens is 330 g/mol. The second-order valence-electron chi connectivity index (χ2n) is 7.14. The van der Waals surface area contributed by atoms with Crippen LogP contribution in [-0.4, -0.2) is 56.1 Å². The molecule has 1 heterocycles. The van der Waals surface area contributed by atoms with E-state index in [1.165, 1.54) is 24.0 Å². The molecule has 0 spiro atoms. The molecule has 1 fully saturated rings. The van der Waals surface area contributed by atoms with E-state index in [1.54, 1.807) is 0 Å². The summed E-state index contributed by atoms with van der Waals surface area (Å²) < 4.78 is 5.29. The molecule has 1 aromatic rings. The summed E-state index contributed by atoms with van der Waals surface area (Å²) in [5.74, 6) is -1.14. The van der Waals surface area contributed by atoms with E-state index in [1.807, 2.05) is 6.92 Å². The van der Waals surface area contributed by atoms with Crippen LogP contribution < -0.4 is 10.6 Å². The Morgan fingerprint density at radius 2 is 1.85 bits per heavy atom. The number of morpholine rings is 1. The molecule has 2 N–H and O–H groups in total. The second kappa shape index (κ2) is 9.14. The third-order valence-corrected chi connectivity index (χ3v) is 5.24. The van der Waals surface area contributed by atoms with E-state index >= 15 is 0 Å². The zero-order valence-corrected chi connectivity index (χ0v) is 15.6. The number of hydrogen-bond acceptors (Lipinski definition) is 4. The van der Waals surface area contributed by atoms with Crippen LogP contribution in [0.25, 0.3) is 0 Å². The first-order chi connectivity index (χ1) is 12.6. The molecule has 3 rings (SSSR count). The van der Waals surface area contributed by atoms with Gasteiger partial charge in [0.25, 0.3) is 0 Å². The predicted octanol–water partition coefficient (Wildman–Crippen LogP) is 1.19. The number of hydrogen-bond donors (Lipinski definition) is 2. The molecule has 1 aromatic carbocycles. The molecule has 0 radical (unpaired) electrons. The van der Waals surface area contributed by atoms with Crippen LogP contribution in [0.5, 0.6) is 0 Å². The van der Waals surface area contributed by atoms with Crippen molar-refractivity contribution < 1.29 is 14.3 Å². The van der Waals surface area contributed by atoms with Crippen LogP contribution >= 0.6 is 0 Å². The van der Waals surface area contributed by atoms with E-state index in [2.05, 4.69) is 33.7 Å². The molecule has 0 aromatic heterocycles. The molecule has 6 heteroatoms. The third-order valence-electron chi connectivity index (χ3n) is 5.24. The minimum Gasteiger partial charge on any atom is -0.379 e. The molecule has 2 aliphatic rings. The third kappa shape index (κ3) is 5.05. The lowest BCUT2D eigenvalue weighted by Crippen LogP contribution is -2.45. The van der Waals surface area contributed by atoms with Gasteiger partial charge in [-0.2, -0.15) is 0 Å². The zero-order valence-electron chi connectivity index (χ0n) is 15.6. The maximum absolute atomic E-state index is 12.1. The van der Waals surface area contributed by atoms with Crippen LogP contribution in [0.4, 0.5) is 0 Å². The van der Waals surface area contributed by atoms with Crippen molar-refractivity contribution in [3.63, 3.8) is 0 Å². The average molecular weight is 359 g/mol. The predicted molar refractivity (Wildman–Crippen MR) is 99.9 cm³/mol. The number of fused-ring (bicyclic) bond motifs is 1. The first kappa shape index (κ1) is 18.9. The lowest BCUT2D eigenvalue weighted by atomic mass is 9.89. The smallest absolute Gasteiger partial charge is 0.309 e. The molecule has 1 unspecified atom stereocenters. The van der Waals surface area contributed by atoms with Crippen molar-refractivity contribution >= 4 is 11.8 Å². The fourth-order valence-electron chi connectivity index (χ4n) is 3.60. The van der Waals surface area contributed by atoms with Crippen molar-refractivity contribution in [2.45, 2.75) is 38.6 Å². The summed E-state index contributed by atoms with van der Waals surface area (Å²) in [5, 5.41) is 5.51. The van der Waals surface area contributed by atoms with Gasteiger partial charge in [0.2, 0.25) is 0 Å². The van der Waals surface area contributed by atoms with Gasteiger partial charge in [0.15, 0.2) is 0 Å². The number of ether oxygens (including phenoxy) is 1. The number of aryl methyl sites for hydroxylation is 2. The summed E-state index contributed by atoms with van der Waals surface area (Å²) in [7, 11) is 0. The fraction of sp³-hybridized carbons (Fsp3) is 0.600. The summed E-state index contributed by atoms with van der Waals surface area (Å²) >= 11 is 0. The van der Waals surface area contributed by atoms with E-state index in [-0.39, 0.29) is 6.04 Å². The van der Waals surface area contributed by atoms with E-state index in [0.717, 1.165) is 51.3 Å². The van der Waals surface area contributed by atoms with Gasteiger partial charge in [-0.3, -0.25) is 14.5 Å². The van der Waals surface area contributed by atoms with Gasteiger partial charge in [-0.25, -0.2) is 0 Å². The van der Waals surface area contributed by atoms with Crippen LogP contribution in [0.2, 0.25) is 0 Å². The van der Waals surface area contributed by atoms with Gasteiger partial charge in [-0.15, -0.1) is 0 Å². The molecule has 0 bridgehead atoms. The summed E-state index contributed by atoms with van der Waals surface area (Å²) in [6.45, 7) is 6.33. The number of nitrogens with one attached hydrogen (secondary N) is 2. The maximum Gasteiger partial charge on any atom is 0.309 e. The Labute approximate surface area is 155 Å². The van der Waals surface area contributed by atoms with E-state index in [9.17, 15) is 9.59 Å². The van der Waals surface area contributed by atoms with Gasteiger partial charge in [0.05, 0.1) is 19.3 Å². The average Bonchev–Trinajstić information content (AvgIpc) is 2.68. The molecule has 1 aliphatic heterocycles. The van der Waals surface area contributed by atoms with Crippen molar-refractivity contribution in [3.05, 3.63) is 34.9 Å². The first-order valence-electron chi connectivity index (χ1n) is 9.64. The highest BCUT2D eigenvalue weighted by Gasteiger charge is 2.19. The van der Waals surface area contributed by atoms with Gasteiger partial charge < -0.3 is 15.4 Å². The molecule has 0 saturated carbocycles. The van der Waals surface area contributed by atoms with E-state index in [4.69, 9.17) is 4.74 Å². The molecular formula is C20H29N3O3. The SMILES string of the molecule is CC(NC(=O)C(=O)NCCN1CCOCC1)c1ccc2c(c1)CCCC2. The Balaban J connectivity index is 1.45. The number of nitrogens with zero attached hydrogens (tertiary/aromatic N) is 1. The quantitative estimate of drug-likeness (QED) is 0.775. The standard InChI is InChI=1S/C20H29N3O3/c1-15(17-7-6-16-4-2-3-5-18(16)14-17)22-20(25)19(24)21-8-9-23-10-12-26-13-11-23/h6-7,14-15H,2-5,8-13H2,1H3,(H,21,24)(H,22,25). The highest BCUT2D eigenvalue weighted by atomic mass is 16.5. The van der Waals surface area contributed by atoms with Gasteiger partial charge >= 0.3 is 11.8 Å². The Bertz CT molecular complexity index is 641. The Morgan fingerprint density at radius 3 is 2.62 bits per heavy atom. The van der Waals surface area contributed by atoms with Crippen molar-refractivity contribution in [3.8, 4) is 0 Å². The first-order valence-corrected chi connectivity index (χ1v) is 9.64. The Morgan fingerprint density at radius 1 is 1.12 bits per heavy atom. The minimum absolute atomic E-state index is 0.181. The van der Waals surface area contributed by atoms with Gasteiger partial charge in [0.1, 0.15) is 0 Å². The molecule has 1 saturated heterocycles. The second-order valence-corrected chi connectivity index (χ2v) is 7.14. The van der Waals surface area contributed by atoms with Crippen LogP contribution in [0.15, 0.2) is 18.2 Å². The van der Waals surface area contributed by atoms with E-state index in [0.29, 0.717) is 6.54 Å². The monoisotopic (exact) mass is 359 g/mol. The largest absolute Gasteiger partial charge is 0.379 e. The molecule has 1 atom stereocenters. The summed E-state index contributed by atoms with van der Waals surface area (Å²) in [6, 6.07) is 6.22. The van der Waals surface area contributed by atoms with Crippen LogP contribution in [-0.2, 0) is 27.2 Å². The number of benzene rings is 1. The van der Waals surface area contributed by atoms with Crippen molar-refractivity contribution in [2.75, 3.05) is 39.4 Å². The lowest BCUT2D eigenvalue weighted by molar-refractivity contribution is -0.139. The van der Waals surface area contributed by atoms with Crippen LogP contribution in [0.3, 0.4) is 0 Å². The number of amides is 2. The van der Waals surface area contributed by atoms with Crippen LogP contribution in [0, 0.1) is 0 Å². The van der Waals surface area contributed by atoms with Gasteiger partial charge in [0, 0.05) is 26.2 Å². The van der Waals surface area contributed by atoms with E-state index < -0.39 is 11.8 Å². The highest BCUT2D eigenvalue weighted by Crippen LogP contribution is 2.24. The Kier molecular flexibility index (Phi) is 6.63. The lowest BCUT2D eigenvalue weighted by Gasteiger charge is -2.26. The number of rotatable bonds is 5. The van der Waals surface area contributed by atoms with Crippen molar-refractivity contribution in [2.24, 2.45) is 0 Å². The van der Waals surface area contributed by atoms with Crippen molar-refractivity contribution in [1.82, 2.24) is 15.5 Å². The molecule has 1 aliphatic carbocycles. The summed E-state index contributed by atoms with van der Waals surface area (Å²) in [6.07, 6.45) is 4.72.